The summed E-state index contributed by atoms with van der Waals surface area (Å²) in [7, 11) is -3.79. The molecular weight excluding hydrogens is 249 g/mol. The van der Waals surface area contributed by atoms with Crippen molar-refractivity contribution >= 4 is 13.0 Å². The summed E-state index contributed by atoms with van der Waals surface area (Å²) in [5.74, 6) is 0.159. The van der Waals surface area contributed by atoms with Crippen LogP contribution in [0, 0.1) is 0 Å². The summed E-state index contributed by atoms with van der Waals surface area (Å²) in [6.07, 6.45) is 2.30. The van der Waals surface area contributed by atoms with E-state index in [4.69, 9.17) is 0 Å². The molecule has 0 heterocycles. The first-order chi connectivity index (χ1) is 7.96. The molecule has 4 nitrogen and oxygen atoms in total. The van der Waals surface area contributed by atoms with Gasteiger partial charge in [-0.25, -0.2) is 0 Å². The Morgan fingerprint density at radius 3 is 1.89 bits per heavy atom. The van der Waals surface area contributed by atoms with Crippen molar-refractivity contribution < 1.29 is 14.6 Å². The fraction of sp³-hybridized carbons (Fsp3) is 0.923. The zero-order valence-corrected chi connectivity index (χ0v) is 13.6. The molecule has 110 valence electrons. The molecule has 18 heavy (non-hydrogen) atoms. The molecule has 5 heteroatoms. The second-order valence-corrected chi connectivity index (χ2v) is 10.2. The predicted molar refractivity (Wildman–Crippen MR) is 78.8 cm³/mol. The SMILES string of the molecule is CC(=O)CCCCP(C)(O)(O)N(C(C)C)C(C)C. The molecular formula is C13H30NO3P. The Bertz CT molecular complexity index is 274. The van der Waals surface area contributed by atoms with Gasteiger partial charge in [-0.3, -0.25) is 0 Å². The third-order valence-corrected chi connectivity index (χ3v) is 6.61. The minimum absolute atomic E-state index is 0.0930. The number of Topliss-reactive ketones (excluding diaryl/α,β-unsaturated/α-hetero) is 1. The van der Waals surface area contributed by atoms with Gasteiger partial charge in [0, 0.05) is 0 Å². The second kappa shape index (κ2) is 6.42. The van der Waals surface area contributed by atoms with Gasteiger partial charge in [0.25, 0.3) is 0 Å². The maximum absolute atomic E-state index is 10.9. The normalized spacial score (nSPS) is 15.2. The monoisotopic (exact) mass is 279 g/mol. The maximum atomic E-state index is 10.9. The quantitative estimate of drug-likeness (QED) is 0.530. The van der Waals surface area contributed by atoms with Crippen molar-refractivity contribution in [3.05, 3.63) is 0 Å². The van der Waals surface area contributed by atoms with E-state index in [2.05, 4.69) is 0 Å². The number of carbonyl (C=O) groups is 1. The molecule has 0 radical (unpaired) electrons. The van der Waals surface area contributed by atoms with Gasteiger partial charge in [-0.15, -0.1) is 0 Å². The van der Waals surface area contributed by atoms with Crippen LogP contribution >= 0.6 is 7.21 Å². The van der Waals surface area contributed by atoms with E-state index >= 15 is 0 Å². The van der Waals surface area contributed by atoms with Crippen molar-refractivity contribution in [1.29, 1.82) is 0 Å². The van der Waals surface area contributed by atoms with Gasteiger partial charge in [0.1, 0.15) is 0 Å². The summed E-state index contributed by atoms with van der Waals surface area (Å²) in [5.41, 5.74) is 0. The Morgan fingerprint density at radius 2 is 1.56 bits per heavy atom. The van der Waals surface area contributed by atoms with E-state index in [9.17, 15) is 14.6 Å². The number of hydrogen-bond donors (Lipinski definition) is 2. The third-order valence-electron chi connectivity index (χ3n) is 3.12. The van der Waals surface area contributed by atoms with Crippen molar-refractivity contribution in [2.45, 2.75) is 66.0 Å². The molecule has 0 aliphatic rings. The molecule has 0 unspecified atom stereocenters. The first kappa shape index (κ1) is 18.0. The van der Waals surface area contributed by atoms with Crippen LogP contribution in [-0.2, 0) is 4.79 Å². The Balaban J connectivity index is 4.65. The molecule has 0 saturated carbocycles. The zero-order valence-electron chi connectivity index (χ0n) is 12.7. The molecule has 0 spiro atoms. The number of carbonyl (C=O) groups excluding carboxylic acids is 1. The summed E-state index contributed by atoms with van der Waals surface area (Å²) >= 11 is 0. The molecule has 0 fully saturated rings. The first-order valence-electron chi connectivity index (χ1n) is 6.75. The molecule has 0 aromatic heterocycles. The number of ketones is 1. The van der Waals surface area contributed by atoms with Crippen LogP contribution < -0.4 is 0 Å². The topological polar surface area (TPSA) is 60.8 Å². The zero-order chi connectivity index (χ0) is 14.6. The van der Waals surface area contributed by atoms with Crippen LogP contribution in [-0.4, -0.2) is 45.2 Å². The van der Waals surface area contributed by atoms with Gasteiger partial charge in [-0.05, 0) is 0 Å². The number of hydrogen-bond acceptors (Lipinski definition) is 4. The van der Waals surface area contributed by atoms with Crippen molar-refractivity contribution in [1.82, 2.24) is 4.67 Å². The second-order valence-electron chi connectivity index (χ2n) is 6.06. The van der Waals surface area contributed by atoms with Gasteiger partial charge in [0.15, 0.2) is 0 Å². The summed E-state index contributed by atoms with van der Waals surface area (Å²) in [4.78, 5) is 32.2. The average molecular weight is 279 g/mol. The molecule has 0 amide bonds. The van der Waals surface area contributed by atoms with Crippen molar-refractivity contribution in [2.75, 3.05) is 12.8 Å². The van der Waals surface area contributed by atoms with Crippen LogP contribution in [0.5, 0.6) is 0 Å². The van der Waals surface area contributed by atoms with Crippen LogP contribution in [0.15, 0.2) is 0 Å². The van der Waals surface area contributed by atoms with Crippen LogP contribution in [0.1, 0.15) is 53.9 Å². The van der Waals surface area contributed by atoms with E-state index in [1.165, 1.54) is 0 Å². The fourth-order valence-corrected chi connectivity index (χ4v) is 6.37. The Labute approximate surface area is 112 Å². The molecule has 0 saturated heterocycles. The van der Waals surface area contributed by atoms with Crippen molar-refractivity contribution in [3.63, 3.8) is 0 Å². The Hall–Kier alpha value is -0.0200. The number of rotatable bonds is 8. The molecule has 2 N–H and O–H groups in total. The van der Waals surface area contributed by atoms with Crippen molar-refractivity contribution in [2.24, 2.45) is 0 Å². The van der Waals surface area contributed by atoms with Gasteiger partial charge < -0.3 is 0 Å². The molecule has 0 aliphatic carbocycles. The summed E-state index contributed by atoms with van der Waals surface area (Å²) in [5, 5.41) is 0. The molecule has 0 aliphatic heterocycles. The van der Waals surface area contributed by atoms with Crippen LogP contribution in [0.4, 0.5) is 0 Å². The third kappa shape index (κ3) is 5.75. The standard InChI is InChI=1S/C13H30NO3P/c1-11(2)14(12(3)4)18(6,16,17)10-8-7-9-13(5)15/h11-12,16-17H,7-10H2,1-6H3. The van der Waals surface area contributed by atoms with Crippen LogP contribution in [0.25, 0.3) is 0 Å². The summed E-state index contributed by atoms with van der Waals surface area (Å²) < 4.78 is 1.83. The van der Waals surface area contributed by atoms with E-state index in [-0.39, 0.29) is 17.9 Å². The predicted octanol–water partition coefficient (Wildman–Crippen LogP) is 2.78. The van der Waals surface area contributed by atoms with Crippen molar-refractivity contribution in [3.8, 4) is 0 Å². The molecule has 0 rings (SSSR count). The van der Waals surface area contributed by atoms with E-state index in [0.717, 1.165) is 6.42 Å². The van der Waals surface area contributed by atoms with Crippen LogP contribution in [0.2, 0.25) is 0 Å². The molecule has 0 aromatic carbocycles. The summed E-state index contributed by atoms with van der Waals surface area (Å²) in [6.45, 7) is 11.1. The number of nitrogens with zero attached hydrogens (tertiary/aromatic N) is 1. The number of unbranched alkanes of at least 4 members (excludes halogenated alkanes) is 1. The van der Waals surface area contributed by atoms with E-state index in [0.29, 0.717) is 19.0 Å². The van der Waals surface area contributed by atoms with Crippen LogP contribution in [0.3, 0.4) is 0 Å². The summed E-state index contributed by atoms with van der Waals surface area (Å²) in [6, 6.07) is 0.186. The van der Waals surface area contributed by atoms with E-state index in [1.54, 1.807) is 13.6 Å². The molecule has 0 aromatic rings. The van der Waals surface area contributed by atoms with Gasteiger partial charge >= 0.3 is 111 Å². The van der Waals surface area contributed by atoms with Gasteiger partial charge in [-0.1, -0.05) is 0 Å². The van der Waals surface area contributed by atoms with Gasteiger partial charge in [0.2, 0.25) is 0 Å². The van der Waals surface area contributed by atoms with Gasteiger partial charge in [0.05, 0.1) is 0 Å². The molecule has 0 atom stereocenters. The van der Waals surface area contributed by atoms with E-state index in [1.807, 2.05) is 32.4 Å². The van der Waals surface area contributed by atoms with E-state index < -0.39 is 7.21 Å². The molecule has 0 bridgehead atoms. The average Bonchev–Trinajstić information content (AvgIpc) is 2.08. The fourth-order valence-electron chi connectivity index (χ4n) is 2.77. The Morgan fingerprint density at radius 1 is 1.11 bits per heavy atom. The Kier molecular flexibility index (Phi) is 6.42. The minimum atomic E-state index is -3.79. The van der Waals surface area contributed by atoms with Gasteiger partial charge in [-0.2, -0.15) is 0 Å². The first-order valence-corrected chi connectivity index (χ1v) is 9.47.